The van der Waals surface area contributed by atoms with Gasteiger partial charge in [0.15, 0.2) is 11.5 Å². The summed E-state index contributed by atoms with van der Waals surface area (Å²) in [5.74, 6) is 0.882. The molecule has 0 radical (unpaired) electrons. The van der Waals surface area contributed by atoms with Crippen LogP contribution < -0.4 is 10.1 Å². The van der Waals surface area contributed by atoms with Crippen LogP contribution in [0.15, 0.2) is 41.2 Å². The third-order valence-corrected chi connectivity index (χ3v) is 4.84. The zero-order valence-electron chi connectivity index (χ0n) is 14.6. The Morgan fingerprint density at radius 1 is 1.37 bits per heavy atom. The number of benzene rings is 1. The smallest absolute Gasteiger partial charge is 0.273 e. The normalized spacial score (nSPS) is 11.0. The Balaban J connectivity index is 1.30. The minimum absolute atomic E-state index is 0.184. The van der Waals surface area contributed by atoms with Crippen molar-refractivity contribution in [3.8, 4) is 5.75 Å². The molecule has 0 saturated carbocycles. The van der Waals surface area contributed by atoms with E-state index >= 15 is 0 Å². The van der Waals surface area contributed by atoms with Crippen LogP contribution in [0.4, 0.5) is 0 Å². The summed E-state index contributed by atoms with van der Waals surface area (Å²) in [4.78, 5) is 16.6. The van der Waals surface area contributed by atoms with E-state index in [0.717, 1.165) is 20.8 Å². The van der Waals surface area contributed by atoms with E-state index in [2.05, 4.69) is 25.7 Å². The number of hydrogen-bond acceptors (Lipinski definition) is 7. The zero-order chi connectivity index (χ0) is 18.6. The SMILES string of the molecule is Cc1nc2cc(OCc3cc(C(=O)NCCc4cn[nH]c4)no3)ccc2s1. The number of aromatic amines is 1. The van der Waals surface area contributed by atoms with E-state index < -0.39 is 0 Å². The first-order valence-electron chi connectivity index (χ1n) is 8.39. The Hall–Kier alpha value is -3.20. The summed E-state index contributed by atoms with van der Waals surface area (Å²) in [5, 5.41) is 14.2. The Bertz CT molecular complexity index is 1050. The number of aromatic nitrogens is 4. The standard InChI is InChI=1S/C18H17N5O3S/c1-11-22-15-6-13(2-3-17(15)27-11)25-10-14-7-16(23-26-14)18(24)19-5-4-12-8-20-21-9-12/h2-3,6-9H,4-5,10H2,1H3,(H,19,24)(H,20,21). The lowest BCUT2D eigenvalue weighted by molar-refractivity contribution is 0.0944. The van der Waals surface area contributed by atoms with Gasteiger partial charge in [-0.25, -0.2) is 4.98 Å². The molecular formula is C18H17N5O3S. The van der Waals surface area contributed by atoms with Crippen molar-refractivity contribution in [2.24, 2.45) is 0 Å². The molecule has 2 N–H and O–H groups in total. The number of amides is 1. The van der Waals surface area contributed by atoms with Crippen LogP contribution in [0.25, 0.3) is 10.2 Å². The number of nitrogens with zero attached hydrogens (tertiary/aromatic N) is 3. The molecule has 1 aromatic carbocycles. The summed E-state index contributed by atoms with van der Waals surface area (Å²) in [5.41, 5.74) is 2.16. The maximum Gasteiger partial charge on any atom is 0.273 e. The largest absolute Gasteiger partial charge is 0.485 e. The van der Waals surface area contributed by atoms with E-state index in [4.69, 9.17) is 9.26 Å². The highest BCUT2D eigenvalue weighted by atomic mass is 32.1. The number of carbonyl (C=O) groups excluding carboxylic acids is 1. The molecule has 8 nitrogen and oxygen atoms in total. The van der Waals surface area contributed by atoms with Gasteiger partial charge in [0.05, 0.1) is 21.4 Å². The van der Waals surface area contributed by atoms with Crippen LogP contribution in [0.3, 0.4) is 0 Å². The van der Waals surface area contributed by atoms with Gasteiger partial charge in [0.25, 0.3) is 5.91 Å². The highest BCUT2D eigenvalue weighted by molar-refractivity contribution is 7.18. The summed E-state index contributed by atoms with van der Waals surface area (Å²) in [6.07, 6.45) is 4.21. The molecule has 3 aromatic heterocycles. The fraction of sp³-hybridized carbons (Fsp3) is 0.222. The number of aryl methyl sites for hydroxylation is 1. The maximum atomic E-state index is 12.1. The Morgan fingerprint density at radius 2 is 2.30 bits per heavy atom. The molecule has 4 aromatic rings. The molecule has 0 saturated heterocycles. The van der Waals surface area contributed by atoms with Gasteiger partial charge in [-0.15, -0.1) is 11.3 Å². The van der Waals surface area contributed by atoms with Crippen LogP contribution in [0.1, 0.15) is 26.8 Å². The van der Waals surface area contributed by atoms with E-state index in [9.17, 15) is 4.79 Å². The van der Waals surface area contributed by atoms with Crippen LogP contribution in [0.2, 0.25) is 0 Å². The highest BCUT2D eigenvalue weighted by Crippen LogP contribution is 2.26. The lowest BCUT2D eigenvalue weighted by Gasteiger charge is -2.02. The molecule has 0 fully saturated rings. The summed E-state index contributed by atoms with van der Waals surface area (Å²) < 4.78 is 12.0. The molecule has 0 atom stereocenters. The van der Waals surface area contributed by atoms with Crippen LogP contribution >= 0.6 is 11.3 Å². The van der Waals surface area contributed by atoms with E-state index in [-0.39, 0.29) is 18.2 Å². The molecule has 138 valence electrons. The van der Waals surface area contributed by atoms with Gasteiger partial charge < -0.3 is 14.6 Å². The van der Waals surface area contributed by atoms with Crippen LogP contribution in [-0.2, 0) is 13.0 Å². The molecule has 4 rings (SSSR count). The summed E-state index contributed by atoms with van der Waals surface area (Å²) in [7, 11) is 0. The van der Waals surface area contributed by atoms with Gasteiger partial charge in [0.1, 0.15) is 12.4 Å². The Labute approximate surface area is 158 Å². The number of hydrogen-bond donors (Lipinski definition) is 2. The number of thiazole rings is 1. The van der Waals surface area contributed by atoms with E-state index in [0.29, 0.717) is 24.5 Å². The molecule has 0 bridgehead atoms. The molecule has 9 heteroatoms. The second kappa shape index (κ2) is 7.58. The molecular weight excluding hydrogens is 366 g/mol. The van der Waals surface area contributed by atoms with Crippen LogP contribution in [-0.4, -0.2) is 32.8 Å². The summed E-state index contributed by atoms with van der Waals surface area (Å²) in [6.45, 7) is 2.65. The Kier molecular flexibility index (Phi) is 4.84. The predicted octanol–water partition coefficient (Wildman–Crippen LogP) is 2.87. The molecule has 27 heavy (non-hydrogen) atoms. The third kappa shape index (κ3) is 4.14. The first kappa shape index (κ1) is 17.2. The van der Waals surface area contributed by atoms with Gasteiger partial charge in [-0.05, 0) is 31.0 Å². The lowest BCUT2D eigenvalue weighted by Crippen LogP contribution is -2.25. The average molecular weight is 383 g/mol. The summed E-state index contributed by atoms with van der Waals surface area (Å²) >= 11 is 1.64. The van der Waals surface area contributed by atoms with Gasteiger partial charge in [0, 0.05) is 24.9 Å². The fourth-order valence-electron chi connectivity index (χ4n) is 2.58. The highest BCUT2D eigenvalue weighted by Gasteiger charge is 2.13. The van der Waals surface area contributed by atoms with Crippen molar-refractivity contribution in [1.82, 2.24) is 25.7 Å². The van der Waals surface area contributed by atoms with Gasteiger partial charge in [-0.1, -0.05) is 5.16 Å². The van der Waals surface area contributed by atoms with E-state index in [1.54, 1.807) is 29.8 Å². The van der Waals surface area contributed by atoms with E-state index in [1.807, 2.05) is 25.1 Å². The molecule has 0 spiro atoms. The van der Waals surface area contributed by atoms with Gasteiger partial charge in [-0.3, -0.25) is 9.89 Å². The Morgan fingerprint density at radius 3 is 3.15 bits per heavy atom. The van der Waals surface area contributed by atoms with Gasteiger partial charge in [0.2, 0.25) is 0 Å². The molecule has 0 unspecified atom stereocenters. The zero-order valence-corrected chi connectivity index (χ0v) is 15.4. The fourth-order valence-corrected chi connectivity index (χ4v) is 3.39. The maximum absolute atomic E-state index is 12.1. The number of carbonyl (C=O) groups is 1. The number of rotatable bonds is 7. The first-order chi connectivity index (χ1) is 13.2. The quantitative estimate of drug-likeness (QED) is 0.508. The van der Waals surface area contributed by atoms with Crippen molar-refractivity contribution in [2.45, 2.75) is 20.0 Å². The van der Waals surface area contributed by atoms with Crippen molar-refractivity contribution in [3.63, 3.8) is 0 Å². The van der Waals surface area contributed by atoms with E-state index in [1.165, 1.54) is 0 Å². The lowest BCUT2D eigenvalue weighted by atomic mass is 10.2. The van der Waals surface area contributed by atoms with Crippen LogP contribution in [0, 0.1) is 6.92 Å². The number of H-pyrrole nitrogens is 1. The second-order valence-electron chi connectivity index (χ2n) is 5.94. The molecule has 0 aliphatic rings. The van der Waals surface area contributed by atoms with Crippen molar-refractivity contribution < 1.29 is 14.1 Å². The monoisotopic (exact) mass is 383 g/mol. The molecule has 3 heterocycles. The first-order valence-corrected chi connectivity index (χ1v) is 9.20. The van der Waals surface area contributed by atoms with Crippen molar-refractivity contribution in [2.75, 3.05) is 6.54 Å². The molecule has 1 amide bonds. The topological polar surface area (TPSA) is 106 Å². The van der Waals surface area contributed by atoms with Gasteiger partial charge in [-0.2, -0.15) is 5.10 Å². The third-order valence-electron chi connectivity index (χ3n) is 3.89. The molecule has 0 aliphatic heterocycles. The van der Waals surface area contributed by atoms with Gasteiger partial charge >= 0.3 is 0 Å². The second-order valence-corrected chi connectivity index (χ2v) is 7.18. The van der Waals surface area contributed by atoms with Crippen molar-refractivity contribution in [1.29, 1.82) is 0 Å². The van der Waals surface area contributed by atoms with Crippen molar-refractivity contribution >= 4 is 27.5 Å². The summed E-state index contributed by atoms with van der Waals surface area (Å²) in [6, 6.07) is 7.34. The van der Waals surface area contributed by atoms with Crippen LogP contribution in [0.5, 0.6) is 5.75 Å². The molecule has 0 aliphatic carbocycles. The minimum Gasteiger partial charge on any atom is -0.485 e. The predicted molar refractivity (Wildman–Crippen MR) is 99.8 cm³/mol. The number of nitrogens with one attached hydrogen (secondary N) is 2. The average Bonchev–Trinajstić information content (AvgIpc) is 3.39. The minimum atomic E-state index is -0.284. The number of ether oxygens (including phenoxy) is 1. The number of fused-ring (bicyclic) bond motifs is 1. The van der Waals surface area contributed by atoms with Crippen molar-refractivity contribution in [3.05, 3.63) is 58.7 Å².